The Morgan fingerprint density at radius 2 is 2.14 bits per heavy atom. The van der Waals surface area contributed by atoms with Crippen molar-refractivity contribution in [2.24, 2.45) is 0 Å². The fourth-order valence-electron chi connectivity index (χ4n) is 0.264. The van der Waals surface area contributed by atoms with E-state index >= 15 is 0 Å². The van der Waals surface area contributed by atoms with Crippen LogP contribution in [0.4, 0.5) is 0 Å². The summed E-state index contributed by atoms with van der Waals surface area (Å²) in [5, 5.41) is 8.75. The Hall–Kier alpha value is -0.0800. The van der Waals surface area contributed by atoms with E-state index < -0.39 is 0 Å². The number of aliphatic hydroxyl groups is 1. The molecule has 0 amide bonds. The van der Waals surface area contributed by atoms with Gasteiger partial charge >= 0.3 is 0 Å². The smallest absolute Gasteiger partial charge is 0.104 e. The first kappa shape index (κ1) is 6.92. The van der Waals surface area contributed by atoms with Crippen LogP contribution in [-0.4, -0.2) is 29.8 Å². The largest absolute Gasteiger partial charge is 0.379 e. The number of hydrogen-bond acceptors (Lipinski definition) is 2. The molecule has 0 saturated carbocycles. The zero-order valence-electron chi connectivity index (χ0n) is 5.18. The predicted octanol–water partition coefficient (Wildman–Crippen LogP) is 0.276. The van der Waals surface area contributed by atoms with Crippen LogP contribution in [0.15, 0.2) is 0 Å². The minimum Gasteiger partial charge on any atom is -0.379 e. The minimum atomic E-state index is -0.301. The van der Waals surface area contributed by atoms with E-state index in [0.717, 1.165) is 6.54 Å². The van der Waals surface area contributed by atoms with Gasteiger partial charge in [-0.05, 0) is 20.5 Å². The van der Waals surface area contributed by atoms with Crippen molar-refractivity contribution in [3.05, 3.63) is 0 Å². The van der Waals surface area contributed by atoms with Crippen molar-refractivity contribution in [2.45, 2.75) is 20.1 Å². The number of hydrogen-bond donors (Lipinski definition) is 1. The Bertz CT molecular complexity index is 45.3. The zero-order chi connectivity index (χ0) is 5.86. The van der Waals surface area contributed by atoms with Crippen LogP contribution < -0.4 is 0 Å². The summed E-state index contributed by atoms with van der Waals surface area (Å²) in [7, 11) is 1.88. The molecule has 0 aromatic rings. The fourth-order valence-corrected chi connectivity index (χ4v) is 0.264. The van der Waals surface area contributed by atoms with E-state index in [-0.39, 0.29) is 6.23 Å². The Balaban J connectivity index is 3.14. The molecule has 0 bridgehead atoms. The lowest BCUT2D eigenvalue weighted by atomic mass is 10.5. The second-order valence-corrected chi connectivity index (χ2v) is 1.71. The van der Waals surface area contributed by atoms with Crippen molar-refractivity contribution < 1.29 is 5.11 Å². The third kappa shape index (κ3) is 2.60. The van der Waals surface area contributed by atoms with Crippen molar-refractivity contribution in [3.8, 4) is 0 Å². The summed E-state index contributed by atoms with van der Waals surface area (Å²) in [5.74, 6) is 0. The first-order valence-corrected chi connectivity index (χ1v) is 2.56. The molecule has 7 heavy (non-hydrogen) atoms. The second kappa shape index (κ2) is 2.99. The first-order valence-electron chi connectivity index (χ1n) is 2.56. The molecule has 2 heteroatoms. The van der Waals surface area contributed by atoms with Gasteiger partial charge < -0.3 is 5.11 Å². The van der Waals surface area contributed by atoms with Crippen molar-refractivity contribution in [1.82, 2.24) is 4.90 Å². The molecule has 0 fully saturated rings. The Morgan fingerprint density at radius 1 is 1.71 bits per heavy atom. The highest BCUT2D eigenvalue weighted by molar-refractivity contribution is 4.43. The van der Waals surface area contributed by atoms with Gasteiger partial charge in [0.2, 0.25) is 0 Å². The van der Waals surface area contributed by atoms with Gasteiger partial charge in [0.25, 0.3) is 0 Å². The van der Waals surface area contributed by atoms with Gasteiger partial charge in [0.15, 0.2) is 0 Å². The monoisotopic (exact) mass is 103 g/mol. The van der Waals surface area contributed by atoms with Crippen LogP contribution in [-0.2, 0) is 0 Å². The first-order chi connectivity index (χ1) is 3.18. The van der Waals surface area contributed by atoms with Crippen molar-refractivity contribution in [1.29, 1.82) is 0 Å². The Labute approximate surface area is 44.8 Å². The molecule has 0 aromatic heterocycles. The van der Waals surface area contributed by atoms with E-state index in [2.05, 4.69) is 0 Å². The molecule has 0 aliphatic rings. The van der Waals surface area contributed by atoms with E-state index in [9.17, 15) is 0 Å². The number of aliphatic hydroxyl groups excluding tert-OH is 1. The predicted molar refractivity (Wildman–Crippen MR) is 30.0 cm³/mol. The number of rotatable bonds is 2. The Morgan fingerprint density at radius 3 is 2.14 bits per heavy atom. The molecule has 0 heterocycles. The quantitative estimate of drug-likeness (QED) is 0.507. The molecule has 0 radical (unpaired) electrons. The zero-order valence-corrected chi connectivity index (χ0v) is 5.18. The van der Waals surface area contributed by atoms with Gasteiger partial charge in [-0.1, -0.05) is 6.92 Å². The number of nitrogens with zero attached hydrogens (tertiary/aromatic N) is 1. The van der Waals surface area contributed by atoms with Crippen LogP contribution in [0.25, 0.3) is 0 Å². The molecule has 1 unspecified atom stereocenters. The molecule has 0 aliphatic heterocycles. The van der Waals surface area contributed by atoms with Crippen LogP contribution >= 0.6 is 0 Å². The van der Waals surface area contributed by atoms with Gasteiger partial charge in [0, 0.05) is 0 Å². The molecule has 0 aliphatic carbocycles. The van der Waals surface area contributed by atoms with Crippen molar-refractivity contribution in [2.75, 3.05) is 13.6 Å². The lowest BCUT2D eigenvalue weighted by molar-refractivity contribution is 0.0424. The molecular formula is C5H13NO. The fraction of sp³-hybridized carbons (Fsp3) is 1.00. The van der Waals surface area contributed by atoms with Gasteiger partial charge in [-0.3, -0.25) is 4.90 Å². The summed E-state index contributed by atoms with van der Waals surface area (Å²) >= 11 is 0. The maximum atomic E-state index is 8.75. The summed E-state index contributed by atoms with van der Waals surface area (Å²) < 4.78 is 0. The van der Waals surface area contributed by atoms with Crippen LogP contribution in [0, 0.1) is 0 Å². The maximum Gasteiger partial charge on any atom is 0.104 e. The van der Waals surface area contributed by atoms with Crippen LogP contribution in [0.5, 0.6) is 0 Å². The molecule has 0 aromatic carbocycles. The minimum absolute atomic E-state index is 0.301. The van der Waals surface area contributed by atoms with Gasteiger partial charge in [-0.25, -0.2) is 0 Å². The molecule has 0 spiro atoms. The summed E-state index contributed by atoms with van der Waals surface area (Å²) in [6.45, 7) is 4.66. The van der Waals surface area contributed by atoms with E-state index in [0.29, 0.717) is 0 Å². The highest BCUT2D eigenvalue weighted by Crippen LogP contribution is 1.85. The van der Waals surface area contributed by atoms with Crippen LogP contribution in [0.3, 0.4) is 0 Å². The molecular weight excluding hydrogens is 90.1 g/mol. The molecule has 1 N–H and O–H groups in total. The lowest BCUT2D eigenvalue weighted by Gasteiger charge is -2.16. The van der Waals surface area contributed by atoms with E-state index in [1.54, 1.807) is 6.92 Å². The van der Waals surface area contributed by atoms with E-state index in [1.807, 2.05) is 18.9 Å². The maximum absolute atomic E-state index is 8.75. The Kier molecular flexibility index (Phi) is 2.96. The normalized spacial score (nSPS) is 15.0. The SMILES string of the molecule is CCN(C)C(C)O. The third-order valence-corrected chi connectivity index (χ3v) is 1.14. The highest BCUT2D eigenvalue weighted by Gasteiger charge is 1.97. The molecule has 0 rings (SSSR count). The summed E-state index contributed by atoms with van der Waals surface area (Å²) in [6.07, 6.45) is -0.301. The standard InChI is InChI=1S/C5H13NO/c1-4-6(3)5(2)7/h5,7H,4H2,1-3H3. The average molecular weight is 103 g/mol. The van der Waals surface area contributed by atoms with Crippen molar-refractivity contribution >= 4 is 0 Å². The van der Waals surface area contributed by atoms with Crippen LogP contribution in [0.1, 0.15) is 13.8 Å². The summed E-state index contributed by atoms with van der Waals surface area (Å²) in [4.78, 5) is 1.85. The average Bonchev–Trinajstić information content (AvgIpc) is 1.65. The summed E-state index contributed by atoms with van der Waals surface area (Å²) in [5.41, 5.74) is 0. The van der Waals surface area contributed by atoms with E-state index in [4.69, 9.17) is 5.11 Å². The topological polar surface area (TPSA) is 23.5 Å². The van der Waals surface area contributed by atoms with Crippen molar-refractivity contribution in [3.63, 3.8) is 0 Å². The molecule has 1 atom stereocenters. The van der Waals surface area contributed by atoms with Gasteiger partial charge in [0.1, 0.15) is 6.23 Å². The van der Waals surface area contributed by atoms with Crippen LogP contribution in [0.2, 0.25) is 0 Å². The third-order valence-electron chi connectivity index (χ3n) is 1.14. The summed E-state index contributed by atoms with van der Waals surface area (Å²) in [6, 6.07) is 0. The lowest BCUT2D eigenvalue weighted by Crippen LogP contribution is -2.27. The highest BCUT2D eigenvalue weighted by atomic mass is 16.3. The second-order valence-electron chi connectivity index (χ2n) is 1.71. The molecule has 2 nitrogen and oxygen atoms in total. The molecule has 0 saturated heterocycles. The van der Waals surface area contributed by atoms with Gasteiger partial charge in [-0.2, -0.15) is 0 Å². The van der Waals surface area contributed by atoms with Gasteiger partial charge in [-0.15, -0.1) is 0 Å². The van der Waals surface area contributed by atoms with Gasteiger partial charge in [0.05, 0.1) is 0 Å². The van der Waals surface area contributed by atoms with E-state index in [1.165, 1.54) is 0 Å². The molecule has 44 valence electrons.